The summed E-state index contributed by atoms with van der Waals surface area (Å²) >= 11 is 4.47. The molecular formula is C11H14BrN3O2S2. The van der Waals surface area contributed by atoms with Crippen molar-refractivity contribution in [1.29, 1.82) is 0 Å². The number of rotatable bonds is 6. The van der Waals surface area contributed by atoms with Crippen LogP contribution < -0.4 is 4.72 Å². The van der Waals surface area contributed by atoms with Crippen LogP contribution in [0.3, 0.4) is 0 Å². The summed E-state index contributed by atoms with van der Waals surface area (Å²) < 4.78 is 35.2. The number of hydrogen-bond donors (Lipinski definition) is 1. The van der Waals surface area contributed by atoms with E-state index < -0.39 is 10.0 Å². The third-order valence-corrected chi connectivity index (χ3v) is 5.41. The largest absolute Gasteiger partial charge is 0.242 e. The number of fused-ring (bicyclic) bond motifs is 1. The van der Waals surface area contributed by atoms with Gasteiger partial charge < -0.3 is 0 Å². The summed E-state index contributed by atoms with van der Waals surface area (Å²) in [6.45, 7) is 2.43. The second kappa shape index (κ2) is 6.25. The van der Waals surface area contributed by atoms with E-state index >= 15 is 0 Å². The van der Waals surface area contributed by atoms with Gasteiger partial charge in [-0.05, 0) is 18.6 Å². The number of alkyl halides is 1. The van der Waals surface area contributed by atoms with Crippen molar-refractivity contribution in [3.05, 3.63) is 18.2 Å². The van der Waals surface area contributed by atoms with E-state index in [0.717, 1.165) is 24.2 Å². The monoisotopic (exact) mass is 363 g/mol. The molecule has 1 atom stereocenters. The van der Waals surface area contributed by atoms with E-state index in [1.807, 2.05) is 0 Å². The van der Waals surface area contributed by atoms with Crippen molar-refractivity contribution in [3.63, 3.8) is 0 Å². The molecule has 1 aromatic rings. The Kier molecular flexibility index (Phi) is 4.88. The van der Waals surface area contributed by atoms with Crippen molar-refractivity contribution in [1.82, 2.24) is 4.72 Å². The fourth-order valence-electron chi connectivity index (χ4n) is 1.69. The van der Waals surface area contributed by atoms with E-state index in [1.54, 1.807) is 18.2 Å². The molecule has 0 spiro atoms. The Hall–Kier alpha value is -0.570. The lowest BCUT2D eigenvalue weighted by Crippen LogP contribution is -2.29. The van der Waals surface area contributed by atoms with Crippen LogP contribution >= 0.6 is 15.9 Å². The Morgan fingerprint density at radius 2 is 2.21 bits per heavy atom. The molecule has 0 saturated carbocycles. The zero-order chi connectivity index (χ0) is 13.9. The predicted molar refractivity (Wildman–Crippen MR) is 80.8 cm³/mol. The summed E-state index contributed by atoms with van der Waals surface area (Å²) in [6.07, 6.45) is 1.92. The molecule has 5 nitrogen and oxygen atoms in total. The first-order valence-corrected chi connectivity index (χ1v) is 9.02. The van der Waals surface area contributed by atoms with Crippen molar-refractivity contribution in [3.8, 4) is 0 Å². The summed E-state index contributed by atoms with van der Waals surface area (Å²) in [4.78, 5) is 0.329. The van der Waals surface area contributed by atoms with Crippen LogP contribution in [0.4, 0.5) is 11.4 Å². The van der Waals surface area contributed by atoms with Crippen molar-refractivity contribution < 1.29 is 8.42 Å². The average molecular weight is 364 g/mol. The van der Waals surface area contributed by atoms with Gasteiger partial charge in [0.25, 0.3) is 0 Å². The summed E-state index contributed by atoms with van der Waals surface area (Å²) in [5.41, 5.74) is 1.04. The highest BCUT2D eigenvalue weighted by molar-refractivity contribution is 9.09. The van der Waals surface area contributed by atoms with Crippen molar-refractivity contribution >= 4 is 48.7 Å². The Balaban J connectivity index is 2.17. The Morgan fingerprint density at radius 1 is 1.42 bits per heavy atom. The van der Waals surface area contributed by atoms with Gasteiger partial charge in [0, 0.05) is 11.4 Å². The molecule has 1 heterocycles. The lowest BCUT2D eigenvalue weighted by Gasteiger charge is -2.11. The van der Waals surface area contributed by atoms with E-state index in [4.69, 9.17) is 0 Å². The fourth-order valence-corrected chi connectivity index (χ4v) is 4.37. The maximum Gasteiger partial charge on any atom is 0.242 e. The number of sulfonamides is 1. The molecule has 8 heteroatoms. The molecule has 1 aliphatic heterocycles. The van der Waals surface area contributed by atoms with Gasteiger partial charge in [-0.2, -0.15) is 8.73 Å². The van der Waals surface area contributed by atoms with Gasteiger partial charge >= 0.3 is 0 Å². The smallest absolute Gasteiger partial charge is 0.210 e. The van der Waals surface area contributed by atoms with Gasteiger partial charge in [0.2, 0.25) is 10.0 Å². The number of nitrogens with one attached hydrogen (secondary N) is 1. The molecule has 19 heavy (non-hydrogen) atoms. The number of halogens is 1. The molecule has 1 unspecified atom stereocenters. The summed E-state index contributed by atoms with van der Waals surface area (Å²) in [5, 5.41) is 0. The van der Waals surface area contributed by atoms with Gasteiger partial charge in [0.1, 0.15) is 16.3 Å². The Morgan fingerprint density at radius 3 is 2.95 bits per heavy atom. The van der Waals surface area contributed by atoms with Crippen molar-refractivity contribution in [2.24, 2.45) is 8.73 Å². The van der Waals surface area contributed by atoms with Gasteiger partial charge in [0.05, 0.1) is 11.4 Å². The Labute approximate surface area is 124 Å². The van der Waals surface area contributed by atoms with E-state index in [1.165, 1.54) is 0 Å². The molecule has 0 fully saturated rings. The molecule has 0 bridgehead atoms. The summed E-state index contributed by atoms with van der Waals surface area (Å²) in [6, 6.07) is 4.98. The Bertz CT molecular complexity index is 639. The zero-order valence-corrected chi connectivity index (χ0v) is 13.6. The SMILES string of the molecule is CCCC(Br)CNS(=O)(=O)c1cccc2c1N=S=N2. The van der Waals surface area contributed by atoms with Gasteiger partial charge in [-0.25, -0.2) is 13.1 Å². The maximum atomic E-state index is 12.3. The molecule has 1 aromatic carbocycles. The maximum absolute atomic E-state index is 12.3. The van der Waals surface area contributed by atoms with Crippen LogP contribution in [-0.2, 0) is 21.4 Å². The highest BCUT2D eigenvalue weighted by Gasteiger charge is 2.22. The highest BCUT2D eigenvalue weighted by atomic mass is 79.9. The summed E-state index contributed by atoms with van der Waals surface area (Å²) in [5.74, 6) is 0. The minimum absolute atomic E-state index is 0.139. The third-order valence-electron chi connectivity index (χ3n) is 2.64. The summed E-state index contributed by atoms with van der Waals surface area (Å²) in [7, 11) is -3.55. The first-order valence-electron chi connectivity index (χ1n) is 5.89. The molecule has 1 aliphatic rings. The van der Waals surface area contributed by atoms with Crippen molar-refractivity contribution in [2.75, 3.05) is 6.54 Å². The van der Waals surface area contributed by atoms with Gasteiger partial charge in [0.15, 0.2) is 0 Å². The quantitative estimate of drug-likeness (QED) is 0.800. The van der Waals surface area contributed by atoms with E-state index in [0.29, 0.717) is 17.9 Å². The van der Waals surface area contributed by atoms with Crippen LogP contribution in [0.15, 0.2) is 31.8 Å². The van der Waals surface area contributed by atoms with Gasteiger partial charge in [-0.15, -0.1) is 0 Å². The average Bonchev–Trinajstić information content (AvgIpc) is 2.84. The van der Waals surface area contributed by atoms with Crippen LogP contribution in [0.1, 0.15) is 19.8 Å². The van der Waals surface area contributed by atoms with E-state index in [9.17, 15) is 8.42 Å². The number of nitrogens with zero attached hydrogens (tertiary/aromatic N) is 2. The minimum Gasteiger partial charge on any atom is -0.210 e. The van der Waals surface area contributed by atoms with Crippen molar-refractivity contribution in [2.45, 2.75) is 29.5 Å². The standard InChI is InChI=1S/C11H14BrN3O2S2/c1-2-4-8(12)7-13-19(16,17)10-6-3-5-9-11(10)15-18-14-9/h3,5-6,8,13H,2,4,7H2,1H3. The minimum atomic E-state index is -3.55. The first-order chi connectivity index (χ1) is 9.04. The predicted octanol–water partition coefficient (Wildman–Crippen LogP) is 3.25. The van der Waals surface area contributed by atoms with Crippen LogP contribution in [0.25, 0.3) is 0 Å². The zero-order valence-electron chi connectivity index (χ0n) is 10.3. The molecule has 0 aromatic heterocycles. The molecule has 0 radical (unpaired) electrons. The van der Waals surface area contributed by atoms with E-state index in [2.05, 4.69) is 36.3 Å². The van der Waals surface area contributed by atoms with Crippen LogP contribution in [0.5, 0.6) is 0 Å². The second-order valence-electron chi connectivity index (χ2n) is 4.13. The van der Waals surface area contributed by atoms with Crippen LogP contribution in [0, 0.1) is 0 Å². The van der Waals surface area contributed by atoms with Crippen LogP contribution in [0.2, 0.25) is 0 Å². The van der Waals surface area contributed by atoms with Crippen LogP contribution in [-0.4, -0.2) is 19.8 Å². The molecule has 0 aliphatic carbocycles. The molecule has 1 N–H and O–H groups in total. The van der Waals surface area contributed by atoms with E-state index in [-0.39, 0.29) is 9.72 Å². The highest BCUT2D eigenvalue weighted by Crippen LogP contribution is 2.37. The molecular weight excluding hydrogens is 350 g/mol. The molecule has 0 saturated heterocycles. The first kappa shape index (κ1) is 14.8. The molecule has 2 rings (SSSR count). The lowest BCUT2D eigenvalue weighted by molar-refractivity contribution is 0.578. The topological polar surface area (TPSA) is 70.9 Å². The molecule has 104 valence electrons. The normalized spacial score (nSPS) is 15.1. The lowest BCUT2D eigenvalue weighted by atomic mass is 10.2. The second-order valence-corrected chi connectivity index (χ2v) is 7.68. The number of hydrogen-bond acceptors (Lipinski definition) is 4. The van der Waals surface area contributed by atoms with Gasteiger partial charge in [-0.1, -0.05) is 35.3 Å². The number of benzene rings is 1. The third kappa shape index (κ3) is 3.50. The fraction of sp³-hybridized carbons (Fsp3) is 0.455. The van der Waals surface area contributed by atoms with Gasteiger partial charge in [-0.3, -0.25) is 0 Å². The molecule has 0 amide bonds.